The van der Waals surface area contributed by atoms with Gasteiger partial charge >= 0.3 is 0 Å². The third kappa shape index (κ3) is 6.70. The van der Waals surface area contributed by atoms with E-state index in [-0.39, 0.29) is 4.58 Å². The minimum atomic E-state index is 0.0709. The Kier molecular flexibility index (Phi) is 6.34. The first-order chi connectivity index (χ1) is 3.77. The molecule has 0 bridgehead atoms. The second-order valence-corrected chi connectivity index (χ2v) is 3.36. The minimum Gasteiger partial charge on any atom is -0.0777 e. The molecule has 0 spiro atoms. The largest absolute Gasteiger partial charge is 0.0777 e. The van der Waals surface area contributed by atoms with E-state index in [0.29, 0.717) is 0 Å². The Morgan fingerprint density at radius 2 is 1.88 bits per heavy atom. The smallest absolute Gasteiger partial charge is 0.0710 e. The lowest BCUT2D eigenvalue weighted by molar-refractivity contribution is 0.698. The van der Waals surface area contributed by atoms with Gasteiger partial charge in [-0.25, -0.2) is 0 Å². The first-order valence-electron chi connectivity index (χ1n) is 3.09. The summed E-state index contributed by atoms with van der Waals surface area (Å²) in [5, 5.41) is 0. The first kappa shape index (κ1) is 8.70. The molecule has 0 saturated carbocycles. The van der Waals surface area contributed by atoms with Crippen molar-refractivity contribution in [1.82, 2.24) is 0 Å². The van der Waals surface area contributed by atoms with E-state index in [9.17, 15) is 0 Å². The molecule has 0 nitrogen and oxygen atoms in total. The van der Waals surface area contributed by atoms with Gasteiger partial charge in [-0.2, -0.15) is 0 Å². The third-order valence-corrected chi connectivity index (χ3v) is 1.51. The molecule has 0 atom stereocenters. The van der Waals surface area contributed by atoms with Gasteiger partial charge in [-0.05, 0) is 6.42 Å². The van der Waals surface area contributed by atoms with Gasteiger partial charge in [-0.15, -0.1) is 0 Å². The molecule has 2 radical (unpaired) electrons. The Labute approximate surface area is 62.9 Å². The fraction of sp³-hybridized carbons (Fsp3) is 1.00. The highest BCUT2D eigenvalue weighted by Crippen LogP contribution is 2.10. The summed E-state index contributed by atoms with van der Waals surface area (Å²) in [6.07, 6.45) is 4.80. The Morgan fingerprint density at radius 3 is 2.25 bits per heavy atom. The van der Waals surface area contributed by atoms with Crippen LogP contribution in [0.15, 0.2) is 0 Å². The van der Waals surface area contributed by atoms with Gasteiger partial charge < -0.3 is 0 Å². The number of hydrogen-bond donors (Lipinski definition) is 0. The Bertz CT molecular complexity index is 43.8. The third-order valence-electron chi connectivity index (χ3n) is 1.04. The first-order valence-corrected chi connectivity index (χ1v) is 4.03. The van der Waals surface area contributed by atoms with Crippen molar-refractivity contribution >= 4 is 25.3 Å². The van der Waals surface area contributed by atoms with Crippen molar-refractivity contribution in [3.05, 3.63) is 0 Å². The molecule has 0 aromatic heterocycles. The quantitative estimate of drug-likeness (QED) is 0.537. The van der Waals surface area contributed by atoms with Crippen molar-refractivity contribution in [3.8, 4) is 0 Å². The highest BCUT2D eigenvalue weighted by atomic mass is 32.2. The lowest BCUT2D eigenvalue weighted by Gasteiger charge is -1.97. The maximum atomic E-state index is 4.81. The molecule has 0 fully saturated rings. The van der Waals surface area contributed by atoms with Crippen LogP contribution in [0.5, 0.6) is 0 Å². The Balaban J connectivity index is 2.72. The molecule has 0 aliphatic carbocycles. The van der Waals surface area contributed by atoms with Crippen LogP contribution in [-0.2, 0) is 0 Å². The molecule has 0 unspecified atom stereocenters. The minimum absolute atomic E-state index is 0.0709. The van der Waals surface area contributed by atoms with Crippen LogP contribution in [0.4, 0.5) is 0 Å². The highest BCUT2D eigenvalue weighted by molar-refractivity contribution is 7.99. The summed E-state index contributed by atoms with van der Waals surface area (Å²) in [6.45, 7) is 2.18. The lowest BCUT2D eigenvalue weighted by Crippen LogP contribution is -1.85. The normalized spacial score (nSPS) is 10.5. The van der Waals surface area contributed by atoms with E-state index in [2.05, 4.69) is 6.92 Å². The average Bonchev–Trinajstić information content (AvgIpc) is 1.66. The molecule has 0 N–H and O–H groups in total. The maximum Gasteiger partial charge on any atom is 0.0710 e. The molecule has 0 rings (SSSR count). The molecule has 48 valence electrons. The van der Waals surface area contributed by atoms with Crippen LogP contribution in [0.25, 0.3) is 0 Å². The van der Waals surface area contributed by atoms with E-state index < -0.39 is 0 Å². The summed E-state index contributed by atoms with van der Waals surface area (Å²) in [5.41, 5.74) is 0. The van der Waals surface area contributed by atoms with Crippen LogP contribution in [0, 0.1) is 0 Å². The van der Waals surface area contributed by atoms with Crippen molar-refractivity contribution < 1.29 is 0 Å². The van der Waals surface area contributed by atoms with Gasteiger partial charge in [0.1, 0.15) is 0 Å². The Morgan fingerprint density at radius 1 is 1.25 bits per heavy atom. The van der Waals surface area contributed by atoms with Crippen LogP contribution in [0.1, 0.15) is 32.6 Å². The van der Waals surface area contributed by atoms with Crippen molar-refractivity contribution in [2.45, 2.75) is 37.2 Å². The van der Waals surface area contributed by atoms with E-state index in [4.69, 9.17) is 25.3 Å². The monoisotopic (exact) mass is 148 g/mol. The van der Waals surface area contributed by atoms with Gasteiger partial charge in [-0.3, -0.25) is 0 Å². The van der Waals surface area contributed by atoms with Gasteiger partial charge in [0.15, 0.2) is 0 Å². The molecular weight excluding hydrogens is 136 g/mol. The van der Waals surface area contributed by atoms with E-state index in [1.54, 1.807) is 0 Å². The standard InChI is InChI=1S/C6H12S2/c1-2-3-4-5-6(7)8/h6H,2-5H2,1H3. The fourth-order valence-corrected chi connectivity index (χ4v) is 0.894. The summed E-state index contributed by atoms with van der Waals surface area (Å²) >= 11 is 9.61. The molecule has 0 aliphatic rings. The number of rotatable bonds is 4. The van der Waals surface area contributed by atoms with E-state index in [0.717, 1.165) is 6.42 Å². The van der Waals surface area contributed by atoms with E-state index in [1.165, 1.54) is 19.3 Å². The van der Waals surface area contributed by atoms with Crippen LogP contribution in [0.2, 0.25) is 0 Å². The van der Waals surface area contributed by atoms with Gasteiger partial charge in [0.2, 0.25) is 0 Å². The molecule has 0 amide bonds. The maximum absolute atomic E-state index is 4.81. The topological polar surface area (TPSA) is 0 Å². The van der Waals surface area contributed by atoms with Crippen LogP contribution in [-0.4, -0.2) is 4.58 Å². The summed E-state index contributed by atoms with van der Waals surface area (Å²) in [5.74, 6) is 0. The molecule has 0 saturated heterocycles. The zero-order valence-corrected chi connectivity index (χ0v) is 6.86. The van der Waals surface area contributed by atoms with Gasteiger partial charge in [0.25, 0.3) is 0 Å². The predicted molar refractivity (Wildman–Crippen MR) is 43.1 cm³/mol. The lowest BCUT2D eigenvalue weighted by atomic mass is 10.2. The van der Waals surface area contributed by atoms with Crippen molar-refractivity contribution in [3.63, 3.8) is 0 Å². The molecular formula is C6H12S2. The van der Waals surface area contributed by atoms with E-state index in [1.807, 2.05) is 0 Å². The van der Waals surface area contributed by atoms with Crippen molar-refractivity contribution in [1.29, 1.82) is 0 Å². The SMILES string of the molecule is CCCCCC([S])[S]. The van der Waals surface area contributed by atoms with Gasteiger partial charge in [-0.1, -0.05) is 51.4 Å². The zero-order chi connectivity index (χ0) is 6.41. The molecule has 0 aromatic carbocycles. The van der Waals surface area contributed by atoms with Crippen molar-refractivity contribution in [2.24, 2.45) is 0 Å². The fourth-order valence-electron chi connectivity index (χ4n) is 0.561. The van der Waals surface area contributed by atoms with E-state index >= 15 is 0 Å². The second kappa shape index (κ2) is 5.83. The molecule has 0 aromatic rings. The van der Waals surface area contributed by atoms with Crippen LogP contribution < -0.4 is 0 Å². The van der Waals surface area contributed by atoms with Crippen LogP contribution in [0.3, 0.4) is 0 Å². The summed E-state index contributed by atoms with van der Waals surface area (Å²) in [7, 11) is 0. The van der Waals surface area contributed by atoms with Crippen LogP contribution >= 0.6 is 25.3 Å². The summed E-state index contributed by atoms with van der Waals surface area (Å²) in [4.78, 5) is 0. The number of unbranched alkanes of at least 4 members (excludes halogenated alkanes) is 2. The predicted octanol–water partition coefficient (Wildman–Crippen LogP) is 3.29. The van der Waals surface area contributed by atoms with Gasteiger partial charge in [0.05, 0.1) is 4.58 Å². The summed E-state index contributed by atoms with van der Waals surface area (Å²) in [6, 6.07) is 0. The second-order valence-electron chi connectivity index (χ2n) is 1.93. The summed E-state index contributed by atoms with van der Waals surface area (Å²) < 4.78 is 0.0709. The molecule has 0 aliphatic heterocycles. The molecule has 8 heavy (non-hydrogen) atoms. The Hall–Kier alpha value is 0.700. The number of hydrogen-bond acceptors (Lipinski definition) is 0. The van der Waals surface area contributed by atoms with Gasteiger partial charge in [0, 0.05) is 0 Å². The zero-order valence-electron chi connectivity index (χ0n) is 5.22. The van der Waals surface area contributed by atoms with Crippen molar-refractivity contribution in [2.75, 3.05) is 0 Å². The molecule has 0 heterocycles. The average molecular weight is 148 g/mol. The molecule has 2 heteroatoms. The highest BCUT2D eigenvalue weighted by Gasteiger charge is 1.94.